The molecule has 0 radical (unpaired) electrons. The van der Waals surface area contributed by atoms with Crippen molar-refractivity contribution in [2.75, 3.05) is 11.1 Å². The Bertz CT molecular complexity index is 678. The maximum atomic E-state index is 8.92. The number of benzene rings is 2. The van der Waals surface area contributed by atoms with Crippen LogP contribution in [0.5, 0.6) is 0 Å². The van der Waals surface area contributed by atoms with E-state index in [0.29, 0.717) is 37.7 Å². The van der Waals surface area contributed by atoms with Crippen LogP contribution in [0.4, 0.5) is 17.1 Å². The summed E-state index contributed by atoms with van der Waals surface area (Å²) in [6.45, 7) is 0. The second kappa shape index (κ2) is 5.58. The Labute approximate surface area is 125 Å². The van der Waals surface area contributed by atoms with Crippen LogP contribution in [0.15, 0.2) is 30.3 Å². The van der Waals surface area contributed by atoms with Gasteiger partial charge in [-0.2, -0.15) is 5.26 Å². The van der Waals surface area contributed by atoms with Gasteiger partial charge in [0, 0.05) is 11.4 Å². The molecule has 0 amide bonds. The van der Waals surface area contributed by atoms with E-state index < -0.39 is 0 Å². The predicted molar refractivity (Wildman–Crippen MR) is 80.3 cm³/mol. The van der Waals surface area contributed by atoms with Crippen LogP contribution in [-0.2, 0) is 0 Å². The summed E-state index contributed by atoms with van der Waals surface area (Å²) in [6.07, 6.45) is 0. The zero-order valence-electron chi connectivity index (χ0n) is 9.55. The second-order valence-electron chi connectivity index (χ2n) is 3.78. The maximum absolute atomic E-state index is 8.92. The highest BCUT2D eigenvalue weighted by atomic mass is 35.5. The number of hydrogen-bond donors (Lipinski definition) is 2. The Morgan fingerprint density at radius 2 is 1.68 bits per heavy atom. The number of anilines is 3. The molecule has 0 spiro atoms. The van der Waals surface area contributed by atoms with Crippen LogP contribution in [0.1, 0.15) is 5.56 Å². The van der Waals surface area contributed by atoms with Crippen molar-refractivity contribution in [2.24, 2.45) is 0 Å². The fourth-order valence-electron chi connectivity index (χ4n) is 1.50. The number of nitrogens with one attached hydrogen (secondary N) is 1. The number of nitriles is 1. The Balaban J connectivity index is 2.37. The normalized spacial score (nSPS) is 10.0. The van der Waals surface area contributed by atoms with Gasteiger partial charge in [-0.3, -0.25) is 0 Å². The van der Waals surface area contributed by atoms with Crippen molar-refractivity contribution in [3.05, 3.63) is 51.0 Å². The Morgan fingerprint density at radius 1 is 1.00 bits per heavy atom. The molecule has 0 saturated carbocycles. The van der Waals surface area contributed by atoms with Gasteiger partial charge in [0.15, 0.2) is 0 Å². The third-order valence-electron chi connectivity index (χ3n) is 2.46. The third-order valence-corrected chi connectivity index (χ3v) is 3.50. The molecule has 0 heterocycles. The second-order valence-corrected chi connectivity index (χ2v) is 5.01. The summed E-state index contributed by atoms with van der Waals surface area (Å²) < 4.78 is 0. The van der Waals surface area contributed by atoms with Gasteiger partial charge in [0.25, 0.3) is 0 Å². The van der Waals surface area contributed by atoms with Crippen molar-refractivity contribution in [1.29, 1.82) is 5.26 Å². The fourth-order valence-corrected chi connectivity index (χ4v) is 2.10. The van der Waals surface area contributed by atoms with E-state index in [1.54, 1.807) is 30.3 Å². The van der Waals surface area contributed by atoms with Gasteiger partial charge in [0.1, 0.15) is 6.07 Å². The van der Waals surface area contributed by atoms with E-state index in [1.165, 1.54) is 0 Å². The average molecular weight is 313 g/mol. The van der Waals surface area contributed by atoms with E-state index >= 15 is 0 Å². The summed E-state index contributed by atoms with van der Waals surface area (Å²) in [7, 11) is 0. The summed E-state index contributed by atoms with van der Waals surface area (Å²) >= 11 is 17.8. The van der Waals surface area contributed by atoms with Crippen LogP contribution in [0.25, 0.3) is 0 Å². The Kier molecular flexibility index (Phi) is 4.06. The molecule has 0 fully saturated rings. The molecule has 96 valence electrons. The molecule has 2 rings (SSSR count). The first-order valence-corrected chi connectivity index (χ1v) is 6.36. The number of nitrogens with zero attached hydrogens (tertiary/aromatic N) is 1. The van der Waals surface area contributed by atoms with Crippen LogP contribution in [0.3, 0.4) is 0 Å². The van der Waals surface area contributed by atoms with E-state index in [1.807, 2.05) is 6.07 Å². The molecule has 3 N–H and O–H groups in total. The predicted octanol–water partition coefficient (Wildman–Crippen LogP) is 4.84. The smallest absolute Gasteiger partial charge is 0.101 e. The van der Waals surface area contributed by atoms with Crippen molar-refractivity contribution in [3.63, 3.8) is 0 Å². The first-order chi connectivity index (χ1) is 9.01. The standard InChI is InChI=1S/C13H8Cl3N3/c14-9-4-11(16)13(5-10(9)15)19-8-1-2-12(18)7(3-8)6-17/h1-5,19H,18H2. The van der Waals surface area contributed by atoms with Gasteiger partial charge in [-0.1, -0.05) is 34.8 Å². The van der Waals surface area contributed by atoms with E-state index in [0.717, 1.165) is 0 Å². The topological polar surface area (TPSA) is 61.8 Å². The monoisotopic (exact) mass is 311 g/mol. The molecule has 0 bridgehead atoms. The highest BCUT2D eigenvalue weighted by Crippen LogP contribution is 2.34. The van der Waals surface area contributed by atoms with Gasteiger partial charge >= 0.3 is 0 Å². The lowest BCUT2D eigenvalue weighted by atomic mass is 10.1. The van der Waals surface area contributed by atoms with E-state index in [-0.39, 0.29) is 0 Å². The molecule has 6 heteroatoms. The molecule has 2 aromatic rings. The van der Waals surface area contributed by atoms with Gasteiger partial charge in [-0.05, 0) is 30.3 Å². The molecule has 19 heavy (non-hydrogen) atoms. The molecule has 2 aromatic carbocycles. The van der Waals surface area contributed by atoms with Crippen molar-refractivity contribution in [1.82, 2.24) is 0 Å². The van der Waals surface area contributed by atoms with Crippen LogP contribution in [-0.4, -0.2) is 0 Å². The maximum Gasteiger partial charge on any atom is 0.101 e. The molecule has 0 aliphatic rings. The van der Waals surface area contributed by atoms with E-state index in [9.17, 15) is 0 Å². The minimum Gasteiger partial charge on any atom is -0.398 e. The lowest BCUT2D eigenvalue weighted by Crippen LogP contribution is -1.95. The average Bonchev–Trinajstić information content (AvgIpc) is 2.38. The Morgan fingerprint density at radius 3 is 2.37 bits per heavy atom. The zero-order chi connectivity index (χ0) is 14.0. The summed E-state index contributed by atoms with van der Waals surface area (Å²) in [5.74, 6) is 0. The highest BCUT2D eigenvalue weighted by molar-refractivity contribution is 6.44. The molecule has 0 atom stereocenters. The molecular formula is C13H8Cl3N3. The molecule has 0 aliphatic carbocycles. The summed E-state index contributed by atoms with van der Waals surface area (Å²) in [5, 5.41) is 13.2. The SMILES string of the molecule is N#Cc1cc(Nc2cc(Cl)c(Cl)cc2Cl)ccc1N. The number of hydrogen-bond acceptors (Lipinski definition) is 3. The van der Waals surface area contributed by atoms with Crippen LogP contribution >= 0.6 is 34.8 Å². The summed E-state index contributed by atoms with van der Waals surface area (Å²) in [4.78, 5) is 0. The molecule has 0 aromatic heterocycles. The van der Waals surface area contributed by atoms with E-state index in [4.69, 9.17) is 45.8 Å². The van der Waals surface area contributed by atoms with Crippen LogP contribution < -0.4 is 11.1 Å². The molecule has 0 unspecified atom stereocenters. The Hall–Kier alpha value is -1.60. The fraction of sp³-hybridized carbons (Fsp3) is 0. The molecule has 0 saturated heterocycles. The van der Waals surface area contributed by atoms with Gasteiger partial charge in [0.2, 0.25) is 0 Å². The van der Waals surface area contributed by atoms with E-state index in [2.05, 4.69) is 5.32 Å². The largest absolute Gasteiger partial charge is 0.398 e. The van der Waals surface area contributed by atoms with Gasteiger partial charge in [-0.25, -0.2) is 0 Å². The lowest BCUT2D eigenvalue weighted by Gasteiger charge is -2.10. The van der Waals surface area contributed by atoms with Gasteiger partial charge in [-0.15, -0.1) is 0 Å². The lowest BCUT2D eigenvalue weighted by molar-refractivity contribution is 1.47. The zero-order valence-corrected chi connectivity index (χ0v) is 11.8. The van der Waals surface area contributed by atoms with Crippen molar-refractivity contribution >= 4 is 51.9 Å². The molecular weight excluding hydrogens is 305 g/mol. The number of nitrogen functional groups attached to an aromatic ring is 1. The van der Waals surface area contributed by atoms with Crippen LogP contribution in [0.2, 0.25) is 15.1 Å². The number of halogens is 3. The third kappa shape index (κ3) is 3.05. The number of rotatable bonds is 2. The van der Waals surface area contributed by atoms with Gasteiger partial charge < -0.3 is 11.1 Å². The quantitative estimate of drug-likeness (QED) is 0.616. The van der Waals surface area contributed by atoms with Crippen LogP contribution in [0, 0.1) is 11.3 Å². The van der Waals surface area contributed by atoms with Crippen molar-refractivity contribution < 1.29 is 0 Å². The van der Waals surface area contributed by atoms with Crippen molar-refractivity contribution in [3.8, 4) is 6.07 Å². The minimum absolute atomic E-state index is 0.382. The molecule has 0 aliphatic heterocycles. The van der Waals surface area contributed by atoms with Gasteiger partial charge in [0.05, 0.1) is 26.3 Å². The number of nitrogens with two attached hydrogens (primary N) is 1. The first-order valence-electron chi connectivity index (χ1n) is 5.22. The first kappa shape index (κ1) is 13.8. The summed E-state index contributed by atoms with van der Waals surface area (Å²) in [6, 6.07) is 10.2. The highest BCUT2D eigenvalue weighted by Gasteiger charge is 2.07. The molecule has 3 nitrogen and oxygen atoms in total. The summed E-state index contributed by atoms with van der Waals surface area (Å²) in [5.41, 5.74) is 7.75. The van der Waals surface area contributed by atoms with Crippen molar-refractivity contribution in [2.45, 2.75) is 0 Å². The minimum atomic E-state index is 0.382.